The van der Waals surface area contributed by atoms with Gasteiger partial charge in [0.05, 0.1) is 0 Å². The molecule has 16 heavy (non-hydrogen) atoms. The van der Waals surface area contributed by atoms with E-state index in [1.54, 1.807) is 0 Å². The van der Waals surface area contributed by atoms with Crippen LogP contribution in [0.2, 0.25) is 0 Å². The summed E-state index contributed by atoms with van der Waals surface area (Å²) in [5, 5.41) is 3.68. The van der Waals surface area contributed by atoms with Gasteiger partial charge in [0, 0.05) is 19.3 Å². The molecule has 1 fully saturated rings. The van der Waals surface area contributed by atoms with Crippen LogP contribution in [-0.2, 0) is 4.74 Å². The van der Waals surface area contributed by atoms with Crippen molar-refractivity contribution in [3.63, 3.8) is 0 Å². The highest BCUT2D eigenvalue weighted by Gasteiger charge is 2.26. The van der Waals surface area contributed by atoms with Crippen molar-refractivity contribution in [2.45, 2.75) is 65.3 Å². The molecule has 0 heterocycles. The van der Waals surface area contributed by atoms with Gasteiger partial charge in [-0.05, 0) is 57.4 Å². The molecule has 0 radical (unpaired) electrons. The SMILES string of the molecule is CCOCCCCNC1CCC(C)(C)CC1. The topological polar surface area (TPSA) is 21.3 Å². The zero-order valence-corrected chi connectivity index (χ0v) is 11.3. The highest BCUT2D eigenvalue weighted by atomic mass is 16.5. The molecule has 1 N–H and O–H groups in total. The van der Waals surface area contributed by atoms with E-state index in [1.165, 1.54) is 38.5 Å². The largest absolute Gasteiger partial charge is 0.382 e. The summed E-state index contributed by atoms with van der Waals surface area (Å²) in [4.78, 5) is 0. The van der Waals surface area contributed by atoms with Gasteiger partial charge in [-0.2, -0.15) is 0 Å². The van der Waals surface area contributed by atoms with Gasteiger partial charge in [-0.3, -0.25) is 0 Å². The highest BCUT2D eigenvalue weighted by Crippen LogP contribution is 2.34. The summed E-state index contributed by atoms with van der Waals surface area (Å²) in [6.07, 6.45) is 7.92. The maximum atomic E-state index is 5.33. The molecule has 0 amide bonds. The molecule has 0 aromatic heterocycles. The van der Waals surface area contributed by atoms with E-state index in [0.717, 1.165) is 25.8 Å². The fourth-order valence-electron chi connectivity index (χ4n) is 2.38. The van der Waals surface area contributed by atoms with Crippen LogP contribution in [0.5, 0.6) is 0 Å². The van der Waals surface area contributed by atoms with Crippen LogP contribution in [0, 0.1) is 5.41 Å². The van der Waals surface area contributed by atoms with Crippen LogP contribution >= 0.6 is 0 Å². The zero-order valence-electron chi connectivity index (χ0n) is 11.3. The van der Waals surface area contributed by atoms with Crippen molar-refractivity contribution in [2.75, 3.05) is 19.8 Å². The van der Waals surface area contributed by atoms with Gasteiger partial charge in [-0.25, -0.2) is 0 Å². The minimum absolute atomic E-state index is 0.590. The zero-order chi connectivity index (χ0) is 11.9. The Morgan fingerprint density at radius 1 is 1.19 bits per heavy atom. The van der Waals surface area contributed by atoms with Gasteiger partial charge in [0.2, 0.25) is 0 Å². The van der Waals surface area contributed by atoms with Crippen molar-refractivity contribution >= 4 is 0 Å². The van der Waals surface area contributed by atoms with E-state index in [-0.39, 0.29) is 0 Å². The Hall–Kier alpha value is -0.0800. The molecule has 1 aliphatic carbocycles. The second kappa shape index (κ2) is 7.29. The van der Waals surface area contributed by atoms with E-state index in [2.05, 4.69) is 26.1 Å². The first-order valence-corrected chi connectivity index (χ1v) is 6.95. The van der Waals surface area contributed by atoms with Gasteiger partial charge in [0.25, 0.3) is 0 Å². The van der Waals surface area contributed by atoms with Crippen LogP contribution in [0.25, 0.3) is 0 Å². The van der Waals surface area contributed by atoms with E-state index in [4.69, 9.17) is 4.74 Å². The van der Waals surface area contributed by atoms with Crippen LogP contribution in [0.15, 0.2) is 0 Å². The lowest BCUT2D eigenvalue weighted by Crippen LogP contribution is -2.36. The fourth-order valence-corrected chi connectivity index (χ4v) is 2.38. The molecule has 0 unspecified atom stereocenters. The van der Waals surface area contributed by atoms with Crippen molar-refractivity contribution in [1.82, 2.24) is 5.32 Å². The summed E-state index contributed by atoms with van der Waals surface area (Å²) >= 11 is 0. The quantitative estimate of drug-likeness (QED) is 0.673. The number of ether oxygens (including phenoxy) is 1. The Kier molecular flexibility index (Phi) is 6.37. The molecule has 0 atom stereocenters. The Morgan fingerprint density at radius 3 is 2.50 bits per heavy atom. The van der Waals surface area contributed by atoms with Crippen LogP contribution in [-0.4, -0.2) is 25.8 Å². The molecular weight excluding hydrogens is 198 g/mol. The smallest absolute Gasteiger partial charge is 0.0466 e. The van der Waals surface area contributed by atoms with Gasteiger partial charge in [0.15, 0.2) is 0 Å². The molecule has 0 saturated heterocycles. The molecule has 2 nitrogen and oxygen atoms in total. The highest BCUT2D eigenvalue weighted by molar-refractivity contribution is 4.81. The van der Waals surface area contributed by atoms with Gasteiger partial charge in [-0.15, -0.1) is 0 Å². The molecule has 1 aliphatic rings. The van der Waals surface area contributed by atoms with Crippen molar-refractivity contribution < 1.29 is 4.74 Å². The summed E-state index contributed by atoms with van der Waals surface area (Å²) < 4.78 is 5.33. The van der Waals surface area contributed by atoms with Gasteiger partial charge >= 0.3 is 0 Å². The summed E-state index contributed by atoms with van der Waals surface area (Å²) in [6, 6.07) is 0.778. The van der Waals surface area contributed by atoms with E-state index < -0.39 is 0 Å². The normalized spacial score (nSPS) is 21.2. The summed E-state index contributed by atoms with van der Waals surface area (Å²) in [7, 11) is 0. The second-order valence-electron chi connectivity index (χ2n) is 5.80. The molecule has 96 valence electrons. The third-order valence-electron chi connectivity index (χ3n) is 3.69. The number of nitrogens with one attached hydrogen (secondary N) is 1. The maximum Gasteiger partial charge on any atom is 0.0466 e. The first kappa shape index (κ1) is 14.0. The average molecular weight is 227 g/mol. The van der Waals surface area contributed by atoms with Gasteiger partial charge in [-0.1, -0.05) is 13.8 Å². The van der Waals surface area contributed by atoms with Crippen molar-refractivity contribution in [1.29, 1.82) is 0 Å². The van der Waals surface area contributed by atoms with E-state index in [1.807, 2.05) is 0 Å². The van der Waals surface area contributed by atoms with Crippen molar-refractivity contribution in [2.24, 2.45) is 5.41 Å². The predicted molar refractivity (Wildman–Crippen MR) is 69.8 cm³/mol. The monoisotopic (exact) mass is 227 g/mol. The number of hydrogen-bond acceptors (Lipinski definition) is 2. The minimum atomic E-state index is 0.590. The van der Waals surface area contributed by atoms with Crippen LogP contribution < -0.4 is 5.32 Å². The molecule has 0 aromatic carbocycles. The maximum absolute atomic E-state index is 5.33. The molecule has 1 rings (SSSR count). The van der Waals surface area contributed by atoms with Crippen molar-refractivity contribution in [3.8, 4) is 0 Å². The average Bonchev–Trinajstić information content (AvgIpc) is 2.25. The summed E-state index contributed by atoms with van der Waals surface area (Å²) in [6.45, 7) is 9.79. The molecule has 0 aliphatic heterocycles. The fraction of sp³-hybridized carbons (Fsp3) is 1.00. The van der Waals surface area contributed by atoms with Crippen LogP contribution in [0.3, 0.4) is 0 Å². The second-order valence-corrected chi connectivity index (χ2v) is 5.80. The van der Waals surface area contributed by atoms with Gasteiger partial charge < -0.3 is 10.1 Å². The lowest BCUT2D eigenvalue weighted by molar-refractivity contribution is 0.142. The predicted octanol–water partition coefficient (Wildman–Crippen LogP) is 3.36. The third-order valence-corrected chi connectivity index (χ3v) is 3.69. The van der Waals surface area contributed by atoms with Crippen LogP contribution in [0.1, 0.15) is 59.3 Å². The Labute approximate surface area is 101 Å². The van der Waals surface area contributed by atoms with E-state index in [9.17, 15) is 0 Å². The van der Waals surface area contributed by atoms with Gasteiger partial charge in [0.1, 0.15) is 0 Å². The minimum Gasteiger partial charge on any atom is -0.382 e. The number of unbranched alkanes of at least 4 members (excludes halogenated alkanes) is 1. The Balaban J connectivity index is 1.94. The first-order chi connectivity index (χ1) is 7.64. The molecular formula is C14H29NO. The lowest BCUT2D eigenvalue weighted by atomic mass is 9.75. The summed E-state index contributed by atoms with van der Waals surface area (Å²) in [5.41, 5.74) is 0.590. The first-order valence-electron chi connectivity index (χ1n) is 6.95. The van der Waals surface area contributed by atoms with Crippen LogP contribution in [0.4, 0.5) is 0 Å². The molecule has 0 bridgehead atoms. The summed E-state index contributed by atoms with van der Waals surface area (Å²) in [5.74, 6) is 0. The van der Waals surface area contributed by atoms with Crippen molar-refractivity contribution in [3.05, 3.63) is 0 Å². The Bertz CT molecular complexity index is 170. The van der Waals surface area contributed by atoms with E-state index in [0.29, 0.717) is 5.41 Å². The molecule has 2 heteroatoms. The standard InChI is InChI=1S/C14H29NO/c1-4-16-12-6-5-11-15-13-7-9-14(2,3)10-8-13/h13,15H,4-12H2,1-3H3. The third kappa shape index (κ3) is 5.86. The Morgan fingerprint density at radius 2 is 1.88 bits per heavy atom. The molecule has 1 saturated carbocycles. The number of hydrogen-bond donors (Lipinski definition) is 1. The number of rotatable bonds is 7. The van der Waals surface area contributed by atoms with E-state index >= 15 is 0 Å². The molecule has 0 spiro atoms. The lowest BCUT2D eigenvalue weighted by Gasteiger charge is -2.34. The molecule has 0 aromatic rings.